The molecule has 0 spiro atoms. The molecular formula is C13H19N4O3+. The van der Waals surface area contributed by atoms with Gasteiger partial charge in [0, 0.05) is 13.7 Å². The molecule has 2 unspecified atom stereocenters. The predicted octanol–water partition coefficient (Wildman–Crippen LogP) is -1.30. The van der Waals surface area contributed by atoms with Crippen LogP contribution in [-0.2, 0) is 9.53 Å². The van der Waals surface area contributed by atoms with E-state index in [1.54, 1.807) is 7.05 Å². The van der Waals surface area contributed by atoms with Crippen LogP contribution in [0.3, 0.4) is 0 Å². The summed E-state index contributed by atoms with van der Waals surface area (Å²) in [4.78, 5) is 29.2. The first kappa shape index (κ1) is 14.5. The monoisotopic (exact) mass is 279 g/mol. The van der Waals surface area contributed by atoms with Crippen molar-refractivity contribution in [2.45, 2.75) is 25.4 Å². The number of carbonyl (C=O) groups excluding carboxylic acids is 2. The molecule has 2 fully saturated rings. The summed E-state index contributed by atoms with van der Waals surface area (Å²) >= 11 is 0. The Kier molecular flexibility index (Phi) is 4.35. The molecule has 0 saturated carbocycles. The first-order valence-corrected chi connectivity index (χ1v) is 6.73. The highest BCUT2D eigenvalue weighted by atomic mass is 16.5. The van der Waals surface area contributed by atoms with Gasteiger partial charge in [0.1, 0.15) is 6.54 Å². The van der Waals surface area contributed by atoms with E-state index in [2.05, 4.69) is 4.99 Å². The van der Waals surface area contributed by atoms with Crippen molar-refractivity contribution < 1.29 is 19.3 Å². The van der Waals surface area contributed by atoms with Gasteiger partial charge in [-0.05, 0) is 19.3 Å². The van der Waals surface area contributed by atoms with Crippen LogP contribution in [0.1, 0.15) is 19.3 Å². The molecule has 0 aromatic rings. The normalized spacial score (nSPS) is 29.8. The molecule has 2 aliphatic rings. The van der Waals surface area contributed by atoms with Gasteiger partial charge < -0.3 is 4.74 Å². The van der Waals surface area contributed by atoms with Crippen molar-refractivity contribution in [2.24, 2.45) is 5.92 Å². The fraction of sp³-hybridized carbons (Fsp3) is 0.692. The number of carbonyl (C=O) groups is 2. The number of nitriles is 1. The molecule has 0 aliphatic carbocycles. The van der Waals surface area contributed by atoms with E-state index in [9.17, 15) is 9.59 Å². The number of urea groups is 1. The highest BCUT2D eigenvalue weighted by Crippen LogP contribution is 2.13. The number of amidine groups is 1. The molecule has 20 heavy (non-hydrogen) atoms. The van der Waals surface area contributed by atoms with Crippen LogP contribution in [0, 0.1) is 17.2 Å². The van der Waals surface area contributed by atoms with Crippen molar-refractivity contribution in [3.63, 3.8) is 0 Å². The molecule has 2 heterocycles. The summed E-state index contributed by atoms with van der Waals surface area (Å²) in [5, 5.41) is 9.16. The van der Waals surface area contributed by atoms with Crippen molar-refractivity contribution >= 4 is 17.8 Å². The van der Waals surface area contributed by atoms with Gasteiger partial charge in [0.05, 0.1) is 19.2 Å². The summed E-state index contributed by atoms with van der Waals surface area (Å²) in [5.41, 5.74) is 0. The minimum Gasteiger partial charge on any atom is -0.374 e. The standard InChI is InChI=1S/C13H18N4O3/c1-16-11(15-8-9-5-3-4-6-20-9)10(7-14)12(18)17(2)13(16)19/h9-10H,3-6,8H2,1-2H3/p+1. The van der Waals surface area contributed by atoms with Crippen molar-refractivity contribution in [2.75, 3.05) is 27.2 Å². The molecule has 0 bridgehead atoms. The largest absolute Gasteiger partial charge is 0.417 e. The molecule has 2 rings (SSSR count). The van der Waals surface area contributed by atoms with Crippen molar-refractivity contribution in [1.82, 2.24) is 9.80 Å². The SMILES string of the molecule is CN1C(=O)C(C#N)C(=[NH+]CC2CCCCO2)N(C)C1=O. The molecule has 7 heteroatoms. The highest BCUT2D eigenvalue weighted by Gasteiger charge is 2.46. The van der Waals surface area contributed by atoms with Gasteiger partial charge in [-0.2, -0.15) is 10.2 Å². The smallest absolute Gasteiger partial charge is 0.374 e. The van der Waals surface area contributed by atoms with Gasteiger partial charge in [-0.15, -0.1) is 0 Å². The quantitative estimate of drug-likeness (QED) is 0.680. The topological polar surface area (TPSA) is 87.6 Å². The van der Waals surface area contributed by atoms with Crippen molar-refractivity contribution in [3.8, 4) is 6.07 Å². The van der Waals surface area contributed by atoms with Crippen molar-refractivity contribution in [1.29, 1.82) is 5.26 Å². The number of rotatable bonds is 2. The number of imide groups is 1. The number of amides is 3. The molecule has 3 amide bonds. The van der Waals surface area contributed by atoms with Crippen molar-refractivity contribution in [3.05, 3.63) is 0 Å². The molecule has 2 saturated heterocycles. The van der Waals surface area contributed by atoms with Crippen LogP contribution >= 0.6 is 0 Å². The van der Waals surface area contributed by atoms with E-state index < -0.39 is 17.9 Å². The lowest BCUT2D eigenvalue weighted by Crippen LogP contribution is -2.82. The van der Waals surface area contributed by atoms with E-state index >= 15 is 0 Å². The van der Waals surface area contributed by atoms with Gasteiger partial charge in [-0.3, -0.25) is 9.79 Å². The van der Waals surface area contributed by atoms with E-state index in [4.69, 9.17) is 10.00 Å². The predicted molar refractivity (Wildman–Crippen MR) is 69.5 cm³/mol. The molecule has 2 aliphatic heterocycles. The van der Waals surface area contributed by atoms with Crippen LogP contribution in [0.5, 0.6) is 0 Å². The number of nitrogens with zero attached hydrogens (tertiary/aromatic N) is 3. The molecule has 0 aromatic heterocycles. The maximum absolute atomic E-state index is 11.9. The lowest BCUT2D eigenvalue weighted by atomic mass is 10.1. The lowest BCUT2D eigenvalue weighted by Gasteiger charge is -2.27. The summed E-state index contributed by atoms with van der Waals surface area (Å²) in [5.74, 6) is -1.12. The third-order valence-corrected chi connectivity index (χ3v) is 3.70. The zero-order chi connectivity index (χ0) is 14.7. The van der Waals surface area contributed by atoms with Gasteiger partial charge in [0.2, 0.25) is 5.92 Å². The maximum Gasteiger partial charge on any atom is 0.417 e. The number of hydrogen-bond acceptors (Lipinski definition) is 4. The fourth-order valence-corrected chi connectivity index (χ4v) is 2.45. The van der Waals surface area contributed by atoms with Crippen LogP contribution < -0.4 is 4.99 Å². The molecule has 0 radical (unpaired) electrons. The number of hydrogen-bond donors (Lipinski definition) is 1. The Morgan fingerprint density at radius 1 is 1.35 bits per heavy atom. The second-order valence-corrected chi connectivity index (χ2v) is 5.06. The first-order chi connectivity index (χ1) is 9.56. The molecule has 0 aromatic carbocycles. The van der Waals surface area contributed by atoms with E-state index in [1.807, 2.05) is 6.07 Å². The Bertz CT molecular complexity index is 476. The van der Waals surface area contributed by atoms with Crippen LogP contribution in [0.15, 0.2) is 0 Å². The van der Waals surface area contributed by atoms with Gasteiger partial charge in [0.25, 0.3) is 11.7 Å². The average Bonchev–Trinajstić information content (AvgIpc) is 2.48. The second-order valence-electron chi connectivity index (χ2n) is 5.06. The van der Waals surface area contributed by atoms with E-state index in [1.165, 1.54) is 11.9 Å². The molecular weight excluding hydrogens is 260 g/mol. The van der Waals surface area contributed by atoms with E-state index in [0.29, 0.717) is 12.4 Å². The number of nitrogens with one attached hydrogen (secondary N) is 1. The van der Waals surface area contributed by atoms with Crippen LogP contribution in [0.2, 0.25) is 0 Å². The Hall–Kier alpha value is -1.94. The number of ether oxygens (including phenoxy) is 1. The Morgan fingerprint density at radius 3 is 2.70 bits per heavy atom. The van der Waals surface area contributed by atoms with Crippen LogP contribution in [-0.4, -0.2) is 60.9 Å². The first-order valence-electron chi connectivity index (χ1n) is 6.73. The minimum absolute atomic E-state index is 0.0638. The van der Waals surface area contributed by atoms with Gasteiger partial charge in [0.15, 0.2) is 0 Å². The summed E-state index contributed by atoms with van der Waals surface area (Å²) in [6, 6.07) is 1.51. The summed E-state index contributed by atoms with van der Waals surface area (Å²) in [6.45, 7) is 1.24. The van der Waals surface area contributed by atoms with Crippen LogP contribution in [0.4, 0.5) is 4.79 Å². The molecule has 2 atom stereocenters. The summed E-state index contributed by atoms with van der Waals surface area (Å²) in [7, 11) is 2.94. The minimum atomic E-state index is -0.966. The van der Waals surface area contributed by atoms with Gasteiger partial charge >= 0.3 is 6.03 Å². The Morgan fingerprint density at radius 2 is 2.10 bits per heavy atom. The van der Waals surface area contributed by atoms with Gasteiger partial charge in [-0.1, -0.05) is 0 Å². The highest BCUT2D eigenvalue weighted by molar-refractivity contribution is 6.17. The van der Waals surface area contributed by atoms with Crippen LogP contribution in [0.25, 0.3) is 0 Å². The van der Waals surface area contributed by atoms with E-state index in [-0.39, 0.29) is 6.10 Å². The third-order valence-electron chi connectivity index (χ3n) is 3.70. The molecule has 108 valence electrons. The maximum atomic E-state index is 11.9. The Balaban J connectivity index is 2.15. The second kappa shape index (κ2) is 6.01. The average molecular weight is 279 g/mol. The summed E-state index contributed by atoms with van der Waals surface area (Å²) < 4.78 is 5.59. The summed E-state index contributed by atoms with van der Waals surface area (Å²) in [6.07, 6.45) is 3.19. The zero-order valence-electron chi connectivity index (χ0n) is 11.8. The Labute approximate surface area is 117 Å². The molecule has 7 nitrogen and oxygen atoms in total. The lowest BCUT2D eigenvalue weighted by molar-refractivity contribution is -0.478. The van der Waals surface area contributed by atoms with Gasteiger partial charge in [-0.25, -0.2) is 9.69 Å². The fourth-order valence-electron chi connectivity index (χ4n) is 2.45. The molecule has 1 N–H and O–H groups in total. The third kappa shape index (κ3) is 2.65. The van der Waals surface area contributed by atoms with E-state index in [0.717, 1.165) is 30.8 Å². The zero-order valence-corrected chi connectivity index (χ0v) is 11.8.